The Kier molecular flexibility index (Phi) is 9.40. The van der Waals surface area contributed by atoms with E-state index in [9.17, 15) is 8.42 Å². The second-order valence-electron chi connectivity index (χ2n) is 6.61. The smallest absolute Gasteiger partial charge is 0.239 e. The molecular formula is C17H27BrN2O6S. The van der Waals surface area contributed by atoms with Gasteiger partial charge in [-0.1, -0.05) is 0 Å². The summed E-state index contributed by atoms with van der Waals surface area (Å²) in [5, 5.41) is 13.7. The molecule has 0 radical (unpaired) electrons. The number of rotatable bonds is 5. The third kappa shape index (κ3) is 8.00. The first-order chi connectivity index (χ1) is 12.9. The van der Waals surface area contributed by atoms with Gasteiger partial charge in [-0.15, -0.1) is 0 Å². The Morgan fingerprint density at radius 3 is 2.15 bits per heavy atom. The van der Waals surface area contributed by atoms with Crippen molar-refractivity contribution in [3.05, 3.63) is 16.7 Å². The van der Waals surface area contributed by atoms with Crippen LogP contribution in [0.4, 0.5) is 0 Å². The number of sulfonamides is 1. The van der Waals surface area contributed by atoms with Crippen LogP contribution < -0.4 is 9.88 Å². The Bertz CT molecular complexity index is 676. The summed E-state index contributed by atoms with van der Waals surface area (Å²) in [7, 11) is -3.74. The van der Waals surface area contributed by atoms with E-state index < -0.39 is 10.0 Å². The van der Waals surface area contributed by atoms with Gasteiger partial charge in [0.2, 0.25) is 15.9 Å². The molecule has 154 valence electrons. The molecule has 0 aromatic carbocycles. The first-order valence-corrected chi connectivity index (χ1v) is 11.3. The lowest BCUT2D eigenvalue weighted by atomic mass is 10.0. The van der Waals surface area contributed by atoms with Crippen LogP contribution in [-0.4, -0.2) is 58.1 Å². The summed E-state index contributed by atoms with van der Waals surface area (Å²) in [6.45, 7) is 4.07. The maximum absolute atomic E-state index is 11.2. The number of primary sulfonamides is 1. The van der Waals surface area contributed by atoms with Crippen LogP contribution >= 0.6 is 15.9 Å². The van der Waals surface area contributed by atoms with E-state index in [2.05, 4.69) is 20.9 Å². The Balaban J connectivity index is 0.000000273. The molecule has 2 aliphatic rings. The number of ether oxygens (including phenoxy) is 3. The van der Waals surface area contributed by atoms with Crippen molar-refractivity contribution in [3.8, 4) is 5.88 Å². The zero-order valence-corrected chi connectivity index (χ0v) is 17.6. The molecule has 2 saturated heterocycles. The van der Waals surface area contributed by atoms with Gasteiger partial charge in [0.15, 0.2) is 0 Å². The third-order valence-electron chi connectivity index (χ3n) is 4.51. The van der Waals surface area contributed by atoms with E-state index in [1.165, 1.54) is 12.3 Å². The predicted molar refractivity (Wildman–Crippen MR) is 103 cm³/mol. The van der Waals surface area contributed by atoms with E-state index in [1.807, 2.05) is 0 Å². The summed E-state index contributed by atoms with van der Waals surface area (Å²) in [6, 6.07) is 1.39. The van der Waals surface area contributed by atoms with Crippen LogP contribution in [0.5, 0.6) is 5.88 Å². The molecule has 0 aliphatic carbocycles. The molecule has 8 nitrogen and oxygen atoms in total. The van der Waals surface area contributed by atoms with Crippen molar-refractivity contribution < 1.29 is 27.7 Å². The number of pyridine rings is 1. The lowest BCUT2D eigenvalue weighted by Gasteiger charge is -2.22. The Hall–Kier alpha value is -0.780. The predicted octanol–water partition coefficient (Wildman–Crippen LogP) is 1.70. The van der Waals surface area contributed by atoms with E-state index in [-0.39, 0.29) is 4.90 Å². The normalized spacial score (nSPS) is 19.2. The summed E-state index contributed by atoms with van der Waals surface area (Å²) in [6.07, 6.45) is 5.20. The largest absolute Gasteiger partial charge is 0.477 e. The Morgan fingerprint density at radius 2 is 1.70 bits per heavy atom. The number of hydrogen-bond acceptors (Lipinski definition) is 7. The molecule has 0 saturated carbocycles. The number of hydrogen-bond donors (Lipinski definition) is 2. The third-order valence-corrected chi connectivity index (χ3v) is 5.96. The zero-order valence-electron chi connectivity index (χ0n) is 15.2. The highest BCUT2D eigenvalue weighted by Crippen LogP contribution is 2.26. The molecule has 0 unspecified atom stereocenters. The summed E-state index contributed by atoms with van der Waals surface area (Å²) in [5.41, 5.74) is 0. The van der Waals surface area contributed by atoms with Crippen molar-refractivity contribution in [2.45, 2.75) is 30.6 Å². The molecule has 3 rings (SSSR count). The van der Waals surface area contributed by atoms with Crippen LogP contribution in [0.1, 0.15) is 25.7 Å². The highest BCUT2D eigenvalue weighted by molar-refractivity contribution is 9.10. The van der Waals surface area contributed by atoms with Crippen LogP contribution in [0.15, 0.2) is 21.6 Å². The van der Waals surface area contributed by atoms with E-state index in [4.69, 9.17) is 24.5 Å². The number of halogens is 1. The van der Waals surface area contributed by atoms with Crippen molar-refractivity contribution >= 4 is 26.0 Å². The van der Waals surface area contributed by atoms with Crippen molar-refractivity contribution in [2.24, 2.45) is 17.0 Å². The van der Waals surface area contributed by atoms with Gasteiger partial charge in [0.05, 0.1) is 17.3 Å². The first-order valence-electron chi connectivity index (χ1n) is 8.97. The van der Waals surface area contributed by atoms with Gasteiger partial charge in [0, 0.05) is 33.0 Å². The molecule has 3 heterocycles. The quantitative estimate of drug-likeness (QED) is 0.676. The van der Waals surface area contributed by atoms with Crippen molar-refractivity contribution in [2.75, 3.05) is 39.6 Å². The van der Waals surface area contributed by atoms with Crippen molar-refractivity contribution in [3.63, 3.8) is 0 Å². The van der Waals surface area contributed by atoms with Gasteiger partial charge in [0.25, 0.3) is 0 Å². The van der Waals surface area contributed by atoms with Crippen LogP contribution in [0.2, 0.25) is 0 Å². The summed E-state index contributed by atoms with van der Waals surface area (Å²) in [4.78, 5) is 3.93. The van der Waals surface area contributed by atoms with E-state index in [0.717, 1.165) is 52.1 Å². The molecule has 3 N–H and O–H groups in total. The summed E-state index contributed by atoms with van der Waals surface area (Å²) >= 11 is 3.23. The van der Waals surface area contributed by atoms with Gasteiger partial charge in [-0.05, 0) is 59.5 Å². The average Bonchev–Trinajstić information content (AvgIpc) is 2.68. The fourth-order valence-electron chi connectivity index (χ4n) is 2.71. The van der Waals surface area contributed by atoms with Crippen LogP contribution in [0.25, 0.3) is 0 Å². The van der Waals surface area contributed by atoms with E-state index in [1.54, 1.807) is 0 Å². The number of nitrogens with two attached hydrogens (primary N) is 1. The molecule has 0 atom stereocenters. The minimum Gasteiger partial charge on any atom is -0.477 e. The number of aliphatic hydroxyl groups excluding tert-OH is 1. The highest BCUT2D eigenvalue weighted by Gasteiger charge is 2.17. The molecule has 27 heavy (non-hydrogen) atoms. The average molecular weight is 467 g/mol. The molecule has 1 aromatic rings. The van der Waals surface area contributed by atoms with Crippen LogP contribution in [0.3, 0.4) is 0 Å². The fourth-order valence-corrected chi connectivity index (χ4v) is 3.81. The first kappa shape index (κ1) is 22.5. The topological polar surface area (TPSA) is 121 Å². The summed E-state index contributed by atoms with van der Waals surface area (Å²) in [5.74, 6) is 1.34. The number of aromatic nitrogens is 1. The minimum atomic E-state index is -3.74. The Labute approximate surface area is 168 Å². The van der Waals surface area contributed by atoms with Gasteiger partial charge in [0.1, 0.15) is 4.90 Å². The molecule has 2 aliphatic heterocycles. The van der Waals surface area contributed by atoms with E-state index >= 15 is 0 Å². The molecule has 10 heteroatoms. The van der Waals surface area contributed by atoms with Gasteiger partial charge in [-0.25, -0.2) is 18.5 Å². The Morgan fingerprint density at radius 1 is 1.15 bits per heavy atom. The van der Waals surface area contributed by atoms with Gasteiger partial charge < -0.3 is 19.3 Å². The fraction of sp³-hybridized carbons (Fsp3) is 0.706. The van der Waals surface area contributed by atoms with Crippen LogP contribution in [0, 0.1) is 11.8 Å². The number of aliphatic hydroxyl groups is 1. The molecule has 0 spiro atoms. The molecule has 0 bridgehead atoms. The molecule has 2 fully saturated rings. The van der Waals surface area contributed by atoms with Gasteiger partial charge in [-0.2, -0.15) is 0 Å². The molecule has 0 amide bonds. The van der Waals surface area contributed by atoms with Gasteiger partial charge in [-0.3, -0.25) is 0 Å². The van der Waals surface area contributed by atoms with Crippen molar-refractivity contribution in [1.29, 1.82) is 0 Å². The number of nitrogens with zero attached hydrogens (tertiary/aromatic N) is 1. The summed E-state index contributed by atoms with van der Waals surface area (Å²) < 4.78 is 38.8. The maximum atomic E-state index is 11.2. The molecular weight excluding hydrogens is 440 g/mol. The zero-order chi connectivity index (χ0) is 19.7. The second kappa shape index (κ2) is 11.3. The van der Waals surface area contributed by atoms with Crippen LogP contribution in [-0.2, 0) is 19.5 Å². The SMILES string of the molecule is NS(=O)(=O)c1cnc(OCC2CCOCC2)c(Br)c1.OCC1CCOCC1. The second-order valence-corrected chi connectivity index (χ2v) is 9.02. The van der Waals surface area contributed by atoms with E-state index in [0.29, 0.717) is 35.4 Å². The minimum absolute atomic E-state index is 0.0437. The highest BCUT2D eigenvalue weighted by atomic mass is 79.9. The maximum Gasteiger partial charge on any atom is 0.239 e. The molecule has 1 aromatic heterocycles. The lowest BCUT2D eigenvalue weighted by molar-refractivity contribution is 0.0455. The van der Waals surface area contributed by atoms with Crippen molar-refractivity contribution in [1.82, 2.24) is 4.98 Å². The standard InChI is InChI=1S/C11H15BrN2O4S.C6H12O2/c12-10-5-9(19(13,15)16)6-14-11(10)18-7-8-1-3-17-4-2-8;7-5-6-1-3-8-4-2-6/h5-6,8H,1-4,7H2,(H2,13,15,16);6-7H,1-5H2. The lowest BCUT2D eigenvalue weighted by Crippen LogP contribution is -2.21. The monoisotopic (exact) mass is 466 g/mol. The van der Waals surface area contributed by atoms with Gasteiger partial charge >= 0.3 is 0 Å².